The lowest BCUT2D eigenvalue weighted by Gasteiger charge is -2.06. The molecule has 0 aliphatic carbocycles. The summed E-state index contributed by atoms with van der Waals surface area (Å²) in [7, 11) is 0. The highest BCUT2D eigenvalue weighted by molar-refractivity contribution is 7.98. The third kappa shape index (κ3) is 2.42. The van der Waals surface area contributed by atoms with Gasteiger partial charge in [-0.3, -0.25) is 0 Å². The molecule has 0 aliphatic rings. The van der Waals surface area contributed by atoms with Crippen LogP contribution >= 0.6 is 24.0 Å². The fourth-order valence-corrected chi connectivity index (χ4v) is 2.17. The van der Waals surface area contributed by atoms with E-state index in [0.29, 0.717) is 22.0 Å². The first-order chi connectivity index (χ1) is 8.65. The van der Waals surface area contributed by atoms with Crippen LogP contribution in [0.5, 0.6) is 0 Å². The molecule has 2 aromatic rings. The highest BCUT2D eigenvalue weighted by Crippen LogP contribution is 2.24. The van der Waals surface area contributed by atoms with Crippen LogP contribution in [0.1, 0.15) is 5.56 Å². The molecule has 0 radical (unpaired) electrons. The first-order valence-electron chi connectivity index (χ1n) is 5.00. The summed E-state index contributed by atoms with van der Waals surface area (Å²) in [6.45, 7) is 0. The number of aromatic nitrogens is 2. The van der Waals surface area contributed by atoms with Gasteiger partial charge in [0.25, 0.3) is 0 Å². The van der Waals surface area contributed by atoms with Crippen LogP contribution in [0.25, 0.3) is 11.3 Å². The Morgan fingerprint density at radius 2 is 2.06 bits per heavy atom. The maximum Gasteiger partial charge on any atom is 0.166 e. The molecule has 1 heterocycles. The molecule has 0 atom stereocenters. The molecule has 0 unspecified atom stereocenters. The highest BCUT2D eigenvalue weighted by Gasteiger charge is 2.10. The van der Waals surface area contributed by atoms with Crippen molar-refractivity contribution < 1.29 is 4.39 Å². The van der Waals surface area contributed by atoms with Gasteiger partial charge in [0.05, 0.1) is 5.69 Å². The quantitative estimate of drug-likeness (QED) is 0.518. The molecule has 18 heavy (non-hydrogen) atoms. The summed E-state index contributed by atoms with van der Waals surface area (Å²) in [4.78, 5) is 7.12. The van der Waals surface area contributed by atoms with Crippen molar-refractivity contribution in [1.82, 2.24) is 9.97 Å². The Morgan fingerprint density at radius 3 is 2.61 bits per heavy atom. The van der Waals surface area contributed by atoms with Gasteiger partial charge in [-0.25, -0.2) is 9.37 Å². The Labute approximate surface area is 113 Å². The van der Waals surface area contributed by atoms with Crippen LogP contribution in [-0.2, 0) is 0 Å². The second-order valence-electron chi connectivity index (χ2n) is 3.42. The van der Waals surface area contributed by atoms with Gasteiger partial charge in [-0.1, -0.05) is 24.0 Å². The zero-order valence-corrected chi connectivity index (χ0v) is 11.0. The standard InChI is InChI=1S/C12H8FN3S2/c1-18-12-15-10(9(6-14)11(17)16-12)7-2-4-8(13)5-3-7/h2-5H,1H3,(H,15,16,17). The van der Waals surface area contributed by atoms with Gasteiger partial charge in [0.1, 0.15) is 22.1 Å². The summed E-state index contributed by atoms with van der Waals surface area (Å²) in [5.41, 5.74) is 1.58. The molecule has 0 saturated carbocycles. The van der Waals surface area contributed by atoms with Crippen LogP contribution < -0.4 is 0 Å². The van der Waals surface area contributed by atoms with E-state index in [-0.39, 0.29) is 10.5 Å². The maximum absolute atomic E-state index is 12.9. The number of rotatable bonds is 2. The van der Waals surface area contributed by atoms with Crippen molar-refractivity contribution in [3.05, 3.63) is 40.3 Å². The number of nitrogens with zero attached hydrogens (tertiary/aromatic N) is 2. The van der Waals surface area contributed by atoms with Crippen molar-refractivity contribution >= 4 is 24.0 Å². The highest BCUT2D eigenvalue weighted by atomic mass is 32.2. The molecule has 0 aliphatic heterocycles. The fraction of sp³-hybridized carbons (Fsp3) is 0.0833. The van der Waals surface area contributed by atoms with Crippen molar-refractivity contribution in [2.45, 2.75) is 5.16 Å². The van der Waals surface area contributed by atoms with E-state index in [1.165, 1.54) is 23.9 Å². The molecule has 6 heteroatoms. The number of aromatic amines is 1. The van der Waals surface area contributed by atoms with Crippen LogP contribution in [0.3, 0.4) is 0 Å². The van der Waals surface area contributed by atoms with E-state index >= 15 is 0 Å². The van der Waals surface area contributed by atoms with Crippen molar-refractivity contribution in [3.8, 4) is 17.3 Å². The first-order valence-corrected chi connectivity index (χ1v) is 6.63. The minimum Gasteiger partial charge on any atom is -0.333 e. The van der Waals surface area contributed by atoms with Crippen molar-refractivity contribution in [2.24, 2.45) is 0 Å². The van der Waals surface area contributed by atoms with Crippen LogP contribution in [0.15, 0.2) is 29.4 Å². The maximum atomic E-state index is 12.9. The summed E-state index contributed by atoms with van der Waals surface area (Å²) in [6, 6.07) is 7.90. The molecule has 0 bridgehead atoms. The Bertz CT molecular complexity index is 671. The summed E-state index contributed by atoms with van der Waals surface area (Å²) < 4.78 is 13.1. The van der Waals surface area contributed by atoms with E-state index < -0.39 is 0 Å². The Hall–Kier alpha value is -1.71. The van der Waals surface area contributed by atoms with E-state index in [4.69, 9.17) is 17.5 Å². The van der Waals surface area contributed by atoms with E-state index in [9.17, 15) is 4.39 Å². The predicted molar refractivity (Wildman–Crippen MR) is 71.3 cm³/mol. The number of benzene rings is 1. The lowest BCUT2D eigenvalue weighted by atomic mass is 10.1. The molecule has 3 nitrogen and oxygen atoms in total. The molecule has 0 spiro atoms. The van der Waals surface area contributed by atoms with Gasteiger partial charge in [-0.15, -0.1) is 0 Å². The van der Waals surface area contributed by atoms with Gasteiger partial charge in [0.2, 0.25) is 0 Å². The number of halogens is 1. The number of nitrogens with one attached hydrogen (secondary N) is 1. The number of nitriles is 1. The molecule has 2 rings (SSSR count). The van der Waals surface area contributed by atoms with Gasteiger partial charge in [-0.05, 0) is 36.1 Å². The summed E-state index contributed by atoms with van der Waals surface area (Å²) in [5.74, 6) is -0.324. The zero-order valence-electron chi connectivity index (χ0n) is 9.40. The lowest BCUT2D eigenvalue weighted by molar-refractivity contribution is 0.628. The van der Waals surface area contributed by atoms with Crippen molar-refractivity contribution in [3.63, 3.8) is 0 Å². The van der Waals surface area contributed by atoms with Crippen LogP contribution in [0.2, 0.25) is 0 Å². The molecule has 1 aromatic carbocycles. The number of hydrogen-bond acceptors (Lipinski definition) is 4. The molecular weight excluding hydrogens is 269 g/mol. The molecular formula is C12H8FN3S2. The number of thioether (sulfide) groups is 1. The Morgan fingerprint density at radius 1 is 1.39 bits per heavy atom. The molecule has 0 saturated heterocycles. The van der Waals surface area contributed by atoms with Gasteiger partial charge < -0.3 is 4.98 Å². The van der Waals surface area contributed by atoms with E-state index in [2.05, 4.69) is 9.97 Å². The smallest absolute Gasteiger partial charge is 0.166 e. The average Bonchev–Trinajstić information content (AvgIpc) is 2.38. The molecule has 1 aromatic heterocycles. The number of hydrogen-bond donors (Lipinski definition) is 1. The van der Waals surface area contributed by atoms with E-state index in [0.717, 1.165) is 0 Å². The predicted octanol–water partition coefficient (Wildman–Crippen LogP) is 3.54. The summed E-state index contributed by atoms with van der Waals surface area (Å²) in [5, 5.41) is 9.74. The second-order valence-corrected chi connectivity index (χ2v) is 4.60. The topological polar surface area (TPSA) is 52.5 Å². The van der Waals surface area contributed by atoms with Crippen LogP contribution in [-0.4, -0.2) is 16.2 Å². The third-order valence-corrected chi connectivity index (χ3v) is 3.21. The van der Waals surface area contributed by atoms with Crippen LogP contribution in [0.4, 0.5) is 4.39 Å². The Balaban J connectivity index is 2.69. The first kappa shape index (κ1) is 12.7. The largest absolute Gasteiger partial charge is 0.333 e. The van der Waals surface area contributed by atoms with Crippen molar-refractivity contribution in [1.29, 1.82) is 5.26 Å². The molecule has 90 valence electrons. The lowest BCUT2D eigenvalue weighted by Crippen LogP contribution is -1.96. The zero-order chi connectivity index (χ0) is 13.1. The van der Waals surface area contributed by atoms with Gasteiger partial charge in [-0.2, -0.15) is 5.26 Å². The summed E-state index contributed by atoms with van der Waals surface area (Å²) >= 11 is 6.47. The number of H-pyrrole nitrogens is 1. The van der Waals surface area contributed by atoms with Gasteiger partial charge in [0.15, 0.2) is 5.16 Å². The summed E-state index contributed by atoms with van der Waals surface area (Å²) in [6.07, 6.45) is 1.86. The second kappa shape index (κ2) is 5.29. The SMILES string of the molecule is CSc1nc(=S)c(C#N)c(-c2ccc(F)cc2)[nH]1. The Kier molecular flexibility index (Phi) is 3.75. The third-order valence-electron chi connectivity index (χ3n) is 2.34. The van der Waals surface area contributed by atoms with E-state index in [1.807, 2.05) is 12.3 Å². The van der Waals surface area contributed by atoms with Crippen molar-refractivity contribution in [2.75, 3.05) is 6.26 Å². The van der Waals surface area contributed by atoms with Gasteiger partial charge in [0, 0.05) is 0 Å². The van der Waals surface area contributed by atoms with Crippen LogP contribution in [0, 0.1) is 21.8 Å². The molecule has 0 amide bonds. The minimum absolute atomic E-state index is 0.250. The van der Waals surface area contributed by atoms with Gasteiger partial charge >= 0.3 is 0 Å². The normalized spacial score (nSPS) is 10.1. The minimum atomic E-state index is -0.324. The molecule has 0 fully saturated rings. The molecule has 1 N–H and O–H groups in total. The fourth-order valence-electron chi connectivity index (χ4n) is 1.49. The average molecular weight is 277 g/mol. The van der Waals surface area contributed by atoms with E-state index in [1.54, 1.807) is 12.1 Å². The monoisotopic (exact) mass is 277 g/mol.